The molecule has 1 aliphatic carbocycles. The van der Waals surface area contributed by atoms with Crippen LogP contribution in [0.4, 0.5) is 0 Å². The molecule has 2 rings (SSSR count). The summed E-state index contributed by atoms with van der Waals surface area (Å²) >= 11 is 0. The molecule has 3 unspecified atom stereocenters. The fourth-order valence-corrected chi connectivity index (χ4v) is 3.42. The van der Waals surface area contributed by atoms with Crippen molar-refractivity contribution in [3.8, 4) is 0 Å². The summed E-state index contributed by atoms with van der Waals surface area (Å²) in [5.74, 6) is 0.516. The third kappa shape index (κ3) is 3.25. The maximum Gasteiger partial charge on any atom is 0.223 e. The van der Waals surface area contributed by atoms with Crippen LogP contribution in [0.2, 0.25) is 0 Å². The van der Waals surface area contributed by atoms with Gasteiger partial charge >= 0.3 is 0 Å². The first kappa shape index (κ1) is 13.9. The van der Waals surface area contributed by atoms with Crippen LogP contribution in [0, 0.1) is 11.3 Å². The predicted molar refractivity (Wildman–Crippen MR) is 74.4 cm³/mol. The average molecular weight is 252 g/mol. The molecule has 0 radical (unpaired) electrons. The molecule has 1 amide bonds. The van der Waals surface area contributed by atoms with Crippen molar-refractivity contribution in [1.29, 1.82) is 0 Å². The van der Waals surface area contributed by atoms with E-state index in [2.05, 4.69) is 31.4 Å². The summed E-state index contributed by atoms with van der Waals surface area (Å²) in [6.07, 6.45) is 6.93. The Labute approximate surface area is 111 Å². The number of piperidine rings is 1. The highest BCUT2D eigenvalue weighted by molar-refractivity contribution is 5.79. The van der Waals surface area contributed by atoms with Crippen molar-refractivity contribution < 1.29 is 4.79 Å². The summed E-state index contributed by atoms with van der Waals surface area (Å²) < 4.78 is 0. The van der Waals surface area contributed by atoms with E-state index >= 15 is 0 Å². The van der Waals surface area contributed by atoms with E-state index in [0.29, 0.717) is 18.0 Å². The summed E-state index contributed by atoms with van der Waals surface area (Å²) in [5.41, 5.74) is 0.270. The van der Waals surface area contributed by atoms with Crippen molar-refractivity contribution >= 4 is 5.91 Å². The fourth-order valence-electron chi connectivity index (χ4n) is 3.42. The summed E-state index contributed by atoms with van der Waals surface area (Å²) in [4.78, 5) is 12.4. The summed E-state index contributed by atoms with van der Waals surface area (Å²) in [6.45, 7) is 7.74. The molecule has 1 heterocycles. The zero-order valence-electron chi connectivity index (χ0n) is 12.1. The number of carbonyl (C=O) groups excluding carboxylic acids is 1. The van der Waals surface area contributed by atoms with E-state index < -0.39 is 0 Å². The molecule has 2 N–H and O–H groups in total. The van der Waals surface area contributed by atoms with Crippen molar-refractivity contribution in [1.82, 2.24) is 10.6 Å². The van der Waals surface area contributed by atoms with E-state index in [1.165, 1.54) is 19.3 Å². The maximum absolute atomic E-state index is 12.4. The third-order valence-corrected chi connectivity index (χ3v) is 4.82. The molecule has 1 saturated heterocycles. The van der Waals surface area contributed by atoms with Crippen molar-refractivity contribution in [2.75, 3.05) is 6.54 Å². The molecule has 0 aromatic rings. The van der Waals surface area contributed by atoms with Gasteiger partial charge in [-0.15, -0.1) is 0 Å². The van der Waals surface area contributed by atoms with Crippen molar-refractivity contribution in [2.24, 2.45) is 11.3 Å². The molecule has 3 nitrogen and oxygen atoms in total. The summed E-state index contributed by atoms with van der Waals surface area (Å²) in [7, 11) is 0. The van der Waals surface area contributed by atoms with Crippen LogP contribution in [0.5, 0.6) is 0 Å². The first-order chi connectivity index (χ1) is 8.49. The van der Waals surface area contributed by atoms with Crippen LogP contribution in [-0.2, 0) is 4.79 Å². The summed E-state index contributed by atoms with van der Waals surface area (Å²) in [5, 5.41) is 6.74. The first-order valence-electron chi connectivity index (χ1n) is 7.53. The van der Waals surface area contributed by atoms with Crippen LogP contribution >= 0.6 is 0 Å². The number of carbonyl (C=O) groups is 1. The Morgan fingerprint density at radius 3 is 2.72 bits per heavy atom. The van der Waals surface area contributed by atoms with Gasteiger partial charge in [-0.25, -0.2) is 0 Å². The maximum atomic E-state index is 12.4. The topological polar surface area (TPSA) is 41.1 Å². The van der Waals surface area contributed by atoms with Crippen LogP contribution in [0.15, 0.2) is 0 Å². The largest absolute Gasteiger partial charge is 0.353 e. The van der Waals surface area contributed by atoms with Gasteiger partial charge in [0.25, 0.3) is 0 Å². The predicted octanol–water partition coefficient (Wildman–Crippen LogP) is 2.46. The smallest absolute Gasteiger partial charge is 0.223 e. The Morgan fingerprint density at radius 2 is 2.06 bits per heavy atom. The zero-order chi connectivity index (χ0) is 13.2. The Bertz CT molecular complexity index is 301. The van der Waals surface area contributed by atoms with Gasteiger partial charge in [0.2, 0.25) is 5.91 Å². The molecule has 104 valence electrons. The highest BCUT2D eigenvalue weighted by Crippen LogP contribution is 2.35. The van der Waals surface area contributed by atoms with Gasteiger partial charge in [0, 0.05) is 18.0 Å². The molecule has 1 aliphatic heterocycles. The number of nitrogens with one attached hydrogen (secondary N) is 2. The molecule has 3 heteroatoms. The van der Waals surface area contributed by atoms with Crippen LogP contribution in [0.3, 0.4) is 0 Å². The fraction of sp³-hybridized carbons (Fsp3) is 0.933. The highest BCUT2D eigenvalue weighted by atomic mass is 16.2. The Balaban J connectivity index is 1.89. The van der Waals surface area contributed by atoms with E-state index in [0.717, 1.165) is 25.8 Å². The minimum atomic E-state index is 0.221. The lowest BCUT2D eigenvalue weighted by Crippen LogP contribution is -2.50. The van der Waals surface area contributed by atoms with E-state index in [1.54, 1.807) is 0 Å². The zero-order valence-corrected chi connectivity index (χ0v) is 12.1. The quantitative estimate of drug-likeness (QED) is 0.792. The van der Waals surface area contributed by atoms with E-state index in [9.17, 15) is 4.79 Å². The van der Waals surface area contributed by atoms with Gasteiger partial charge in [-0.1, -0.05) is 26.7 Å². The molecule has 3 atom stereocenters. The van der Waals surface area contributed by atoms with Crippen LogP contribution < -0.4 is 10.6 Å². The van der Waals surface area contributed by atoms with E-state index in [-0.39, 0.29) is 11.3 Å². The molecule has 0 spiro atoms. The second-order valence-electron chi connectivity index (χ2n) is 6.87. The van der Waals surface area contributed by atoms with Crippen molar-refractivity contribution in [3.63, 3.8) is 0 Å². The normalized spacial score (nSPS) is 36.1. The average Bonchev–Trinajstić information content (AvgIpc) is 2.31. The van der Waals surface area contributed by atoms with Crippen molar-refractivity contribution in [3.05, 3.63) is 0 Å². The van der Waals surface area contributed by atoms with Gasteiger partial charge in [-0.05, 0) is 44.6 Å². The molecule has 1 saturated carbocycles. The molecule has 0 bridgehead atoms. The second-order valence-corrected chi connectivity index (χ2v) is 6.87. The van der Waals surface area contributed by atoms with E-state index in [1.807, 2.05) is 0 Å². The van der Waals surface area contributed by atoms with Crippen LogP contribution in [-0.4, -0.2) is 24.5 Å². The Morgan fingerprint density at radius 1 is 1.28 bits per heavy atom. The summed E-state index contributed by atoms with van der Waals surface area (Å²) in [6, 6.07) is 0.859. The lowest BCUT2D eigenvalue weighted by atomic mass is 9.73. The SMILES string of the molecule is CC1CC(C(=O)NC2CCCCC2(C)C)CCN1. The highest BCUT2D eigenvalue weighted by Gasteiger charge is 2.35. The van der Waals surface area contributed by atoms with Gasteiger partial charge in [0.1, 0.15) is 0 Å². The monoisotopic (exact) mass is 252 g/mol. The van der Waals surface area contributed by atoms with Crippen LogP contribution in [0.25, 0.3) is 0 Å². The molecule has 2 fully saturated rings. The molecular formula is C15H28N2O. The molecule has 18 heavy (non-hydrogen) atoms. The number of hydrogen-bond donors (Lipinski definition) is 2. The standard InChI is InChI=1S/C15H28N2O/c1-11-10-12(7-9-16-11)14(18)17-13-6-4-5-8-15(13,2)3/h11-13,16H,4-10H2,1-3H3,(H,17,18). The number of amides is 1. The third-order valence-electron chi connectivity index (χ3n) is 4.82. The number of rotatable bonds is 2. The molecule has 0 aromatic heterocycles. The van der Waals surface area contributed by atoms with Gasteiger partial charge in [0.05, 0.1) is 0 Å². The van der Waals surface area contributed by atoms with Crippen LogP contribution in [0.1, 0.15) is 59.3 Å². The molecular weight excluding hydrogens is 224 g/mol. The number of hydrogen-bond acceptors (Lipinski definition) is 2. The van der Waals surface area contributed by atoms with Crippen molar-refractivity contribution in [2.45, 2.75) is 71.4 Å². The molecule has 2 aliphatic rings. The molecule has 0 aromatic carbocycles. The van der Waals surface area contributed by atoms with Gasteiger partial charge in [-0.2, -0.15) is 0 Å². The van der Waals surface area contributed by atoms with Gasteiger partial charge in [-0.3, -0.25) is 4.79 Å². The second kappa shape index (κ2) is 5.60. The minimum Gasteiger partial charge on any atom is -0.353 e. The minimum absolute atomic E-state index is 0.221. The lowest BCUT2D eigenvalue weighted by Gasteiger charge is -2.40. The Kier molecular flexibility index (Phi) is 4.31. The van der Waals surface area contributed by atoms with Gasteiger partial charge in [0.15, 0.2) is 0 Å². The first-order valence-corrected chi connectivity index (χ1v) is 7.53. The van der Waals surface area contributed by atoms with E-state index in [4.69, 9.17) is 0 Å². The Hall–Kier alpha value is -0.570. The van der Waals surface area contributed by atoms with Gasteiger partial charge < -0.3 is 10.6 Å². The lowest BCUT2D eigenvalue weighted by molar-refractivity contribution is -0.128.